The maximum atomic E-state index is 12.1. The lowest BCUT2D eigenvalue weighted by atomic mass is 9.89. The summed E-state index contributed by atoms with van der Waals surface area (Å²) in [7, 11) is 2.03. The first-order valence-corrected chi connectivity index (χ1v) is 7.83. The number of nitrogens with zero attached hydrogens (tertiary/aromatic N) is 1. The molecular weight excluding hydrogens is 238 g/mol. The van der Waals surface area contributed by atoms with Gasteiger partial charge in [0, 0.05) is 18.6 Å². The molecule has 0 aliphatic heterocycles. The number of rotatable bonds is 7. The van der Waals surface area contributed by atoms with Gasteiger partial charge < -0.3 is 11.1 Å². The lowest BCUT2D eigenvalue weighted by Gasteiger charge is -2.38. The van der Waals surface area contributed by atoms with Gasteiger partial charge in [-0.1, -0.05) is 32.6 Å². The van der Waals surface area contributed by atoms with Gasteiger partial charge in [-0.15, -0.1) is 0 Å². The Morgan fingerprint density at radius 1 is 1.37 bits per heavy atom. The third-order valence-electron chi connectivity index (χ3n) is 4.37. The predicted molar refractivity (Wildman–Crippen MR) is 80.0 cm³/mol. The maximum Gasteiger partial charge on any atom is 0.237 e. The highest BCUT2D eigenvalue weighted by Crippen LogP contribution is 2.22. The molecule has 0 saturated heterocycles. The molecule has 1 saturated carbocycles. The Morgan fingerprint density at radius 2 is 2.05 bits per heavy atom. The molecule has 3 N–H and O–H groups in total. The first kappa shape index (κ1) is 16.4. The van der Waals surface area contributed by atoms with Crippen LogP contribution in [0.15, 0.2) is 0 Å². The van der Waals surface area contributed by atoms with E-state index in [9.17, 15) is 4.79 Å². The van der Waals surface area contributed by atoms with E-state index in [-0.39, 0.29) is 18.0 Å². The Hall–Kier alpha value is -0.610. The van der Waals surface area contributed by atoms with Crippen LogP contribution in [0, 0.1) is 0 Å². The molecule has 3 atom stereocenters. The number of amides is 1. The molecule has 0 radical (unpaired) electrons. The third-order valence-corrected chi connectivity index (χ3v) is 4.37. The highest BCUT2D eigenvalue weighted by molar-refractivity contribution is 5.81. The van der Waals surface area contributed by atoms with E-state index in [0.29, 0.717) is 6.04 Å². The van der Waals surface area contributed by atoms with E-state index >= 15 is 0 Å². The Bertz CT molecular complexity index is 270. The fourth-order valence-electron chi connectivity index (χ4n) is 2.85. The van der Waals surface area contributed by atoms with Crippen molar-refractivity contribution in [1.82, 2.24) is 10.2 Å². The summed E-state index contributed by atoms with van der Waals surface area (Å²) in [5, 5.41) is 3.03. The van der Waals surface area contributed by atoms with Crippen LogP contribution in [-0.4, -0.2) is 42.5 Å². The molecule has 1 amide bonds. The number of hydrogen-bond acceptors (Lipinski definition) is 3. The fourth-order valence-corrected chi connectivity index (χ4v) is 2.85. The number of nitrogens with two attached hydrogens (primary N) is 1. The van der Waals surface area contributed by atoms with E-state index in [1.54, 1.807) is 0 Å². The van der Waals surface area contributed by atoms with Crippen molar-refractivity contribution >= 4 is 5.91 Å². The summed E-state index contributed by atoms with van der Waals surface area (Å²) in [6, 6.07) is 0.481. The standard InChI is InChI=1S/C15H31N3O/c1-4-5-8-11-17-15(19)12(2)18(3)14-10-7-6-9-13(14)16/h12-14H,4-11,16H2,1-3H3,(H,17,19). The Kier molecular flexibility index (Phi) is 7.39. The Morgan fingerprint density at radius 3 is 2.68 bits per heavy atom. The van der Waals surface area contributed by atoms with Crippen molar-refractivity contribution in [3.05, 3.63) is 0 Å². The van der Waals surface area contributed by atoms with Crippen LogP contribution in [0.5, 0.6) is 0 Å². The Balaban J connectivity index is 2.37. The van der Waals surface area contributed by atoms with Gasteiger partial charge in [0.25, 0.3) is 0 Å². The van der Waals surface area contributed by atoms with Crippen LogP contribution >= 0.6 is 0 Å². The molecular formula is C15H31N3O. The number of unbranched alkanes of at least 4 members (excludes halogenated alkanes) is 2. The van der Waals surface area contributed by atoms with E-state index in [1.807, 2.05) is 14.0 Å². The van der Waals surface area contributed by atoms with Gasteiger partial charge in [0.15, 0.2) is 0 Å². The second-order valence-corrected chi connectivity index (χ2v) is 5.86. The van der Waals surface area contributed by atoms with Gasteiger partial charge in [-0.05, 0) is 33.2 Å². The van der Waals surface area contributed by atoms with Gasteiger partial charge in [0.1, 0.15) is 0 Å². The molecule has 112 valence electrons. The first-order valence-electron chi connectivity index (χ1n) is 7.83. The summed E-state index contributed by atoms with van der Waals surface area (Å²) in [5.41, 5.74) is 6.18. The van der Waals surface area contributed by atoms with Crippen LogP contribution in [0.1, 0.15) is 58.8 Å². The van der Waals surface area contributed by atoms with E-state index in [0.717, 1.165) is 25.8 Å². The Labute approximate surface area is 118 Å². The minimum atomic E-state index is -0.0872. The molecule has 19 heavy (non-hydrogen) atoms. The normalized spacial score (nSPS) is 25.3. The van der Waals surface area contributed by atoms with E-state index in [4.69, 9.17) is 5.73 Å². The van der Waals surface area contributed by atoms with Crippen LogP contribution in [-0.2, 0) is 4.79 Å². The van der Waals surface area contributed by atoms with E-state index < -0.39 is 0 Å². The molecule has 1 rings (SSSR count). The predicted octanol–water partition coefficient (Wildman–Crippen LogP) is 1.88. The summed E-state index contributed by atoms with van der Waals surface area (Å²) in [5.74, 6) is 0.136. The zero-order chi connectivity index (χ0) is 14.3. The smallest absolute Gasteiger partial charge is 0.237 e. The molecule has 0 aromatic carbocycles. The number of hydrogen-bond donors (Lipinski definition) is 2. The number of carbonyl (C=O) groups excluding carboxylic acids is 1. The molecule has 0 bridgehead atoms. The van der Waals surface area contributed by atoms with Crippen molar-refractivity contribution in [1.29, 1.82) is 0 Å². The van der Waals surface area contributed by atoms with E-state index in [1.165, 1.54) is 25.7 Å². The monoisotopic (exact) mass is 269 g/mol. The van der Waals surface area contributed by atoms with Crippen molar-refractivity contribution < 1.29 is 4.79 Å². The quantitative estimate of drug-likeness (QED) is 0.694. The minimum absolute atomic E-state index is 0.0872. The van der Waals surface area contributed by atoms with Crippen LogP contribution in [0.25, 0.3) is 0 Å². The largest absolute Gasteiger partial charge is 0.355 e. The highest BCUT2D eigenvalue weighted by Gasteiger charge is 2.30. The number of carbonyl (C=O) groups is 1. The van der Waals surface area contributed by atoms with Gasteiger partial charge in [-0.3, -0.25) is 9.69 Å². The van der Waals surface area contributed by atoms with E-state index in [2.05, 4.69) is 17.1 Å². The van der Waals surface area contributed by atoms with Crippen molar-refractivity contribution in [3.8, 4) is 0 Å². The SMILES string of the molecule is CCCCCNC(=O)C(C)N(C)C1CCCCC1N. The summed E-state index contributed by atoms with van der Waals surface area (Å²) in [4.78, 5) is 14.3. The zero-order valence-corrected chi connectivity index (χ0v) is 12.8. The summed E-state index contributed by atoms with van der Waals surface area (Å²) < 4.78 is 0. The summed E-state index contributed by atoms with van der Waals surface area (Å²) >= 11 is 0. The molecule has 0 spiro atoms. The van der Waals surface area contributed by atoms with Crippen molar-refractivity contribution in [2.75, 3.05) is 13.6 Å². The number of likely N-dealkylation sites (N-methyl/N-ethyl adjacent to an activating group) is 1. The molecule has 0 aromatic heterocycles. The third kappa shape index (κ3) is 5.11. The second kappa shape index (κ2) is 8.54. The fraction of sp³-hybridized carbons (Fsp3) is 0.933. The van der Waals surface area contributed by atoms with Crippen molar-refractivity contribution in [3.63, 3.8) is 0 Å². The molecule has 0 aromatic rings. The first-order chi connectivity index (χ1) is 9.07. The van der Waals surface area contributed by atoms with Crippen molar-refractivity contribution in [2.45, 2.75) is 76.9 Å². The van der Waals surface area contributed by atoms with Crippen LogP contribution in [0.3, 0.4) is 0 Å². The van der Waals surface area contributed by atoms with Crippen molar-refractivity contribution in [2.24, 2.45) is 5.73 Å². The average molecular weight is 269 g/mol. The lowest BCUT2D eigenvalue weighted by molar-refractivity contribution is -0.126. The molecule has 0 heterocycles. The average Bonchev–Trinajstić information content (AvgIpc) is 2.42. The van der Waals surface area contributed by atoms with Gasteiger partial charge in [0.2, 0.25) is 5.91 Å². The van der Waals surface area contributed by atoms with Gasteiger partial charge >= 0.3 is 0 Å². The molecule has 1 fully saturated rings. The summed E-state index contributed by atoms with van der Waals surface area (Å²) in [6.07, 6.45) is 8.09. The van der Waals surface area contributed by atoms with Crippen LogP contribution in [0.4, 0.5) is 0 Å². The topological polar surface area (TPSA) is 58.4 Å². The van der Waals surface area contributed by atoms with Gasteiger partial charge in [-0.2, -0.15) is 0 Å². The molecule has 1 aliphatic rings. The molecule has 4 heteroatoms. The number of nitrogens with one attached hydrogen (secondary N) is 1. The lowest BCUT2D eigenvalue weighted by Crippen LogP contribution is -2.54. The van der Waals surface area contributed by atoms with Crippen LogP contribution in [0.2, 0.25) is 0 Å². The molecule has 4 nitrogen and oxygen atoms in total. The maximum absolute atomic E-state index is 12.1. The highest BCUT2D eigenvalue weighted by atomic mass is 16.2. The van der Waals surface area contributed by atoms with Crippen LogP contribution < -0.4 is 11.1 Å². The second-order valence-electron chi connectivity index (χ2n) is 5.86. The van der Waals surface area contributed by atoms with Gasteiger partial charge in [-0.25, -0.2) is 0 Å². The molecule has 3 unspecified atom stereocenters. The zero-order valence-electron chi connectivity index (χ0n) is 12.8. The van der Waals surface area contributed by atoms with Gasteiger partial charge in [0.05, 0.1) is 6.04 Å². The minimum Gasteiger partial charge on any atom is -0.355 e. The molecule has 1 aliphatic carbocycles. The summed E-state index contributed by atoms with van der Waals surface area (Å²) in [6.45, 7) is 4.95.